The van der Waals surface area contributed by atoms with Gasteiger partial charge in [-0.2, -0.15) is 0 Å². The van der Waals surface area contributed by atoms with E-state index in [0.717, 1.165) is 5.56 Å². The van der Waals surface area contributed by atoms with Crippen molar-refractivity contribution in [1.82, 2.24) is 0 Å². The van der Waals surface area contributed by atoms with Crippen LogP contribution in [0.1, 0.15) is 5.56 Å². The van der Waals surface area contributed by atoms with Crippen LogP contribution in [-0.2, 0) is 16.1 Å². The van der Waals surface area contributed by atoms with Crippen molar-refractivity contribution in [3.8, 4) is 0 Å². The molecule has 92 valence electrons. The molecule has 0 aromatic heterocycles. The number of benzene rings is 1. The van der Waals surface area contributed by atoms with Gasteiger partial charge < -0.3 is 20.3 Å². The molecule has 5 nitrogen and oxygen atoms in total. The van der Waals surface area contributed by atoms with E-state index in [0.29, 0.717) is 13.2 Å². The molecule has 1 aromatic rings. The molecule has 0 amide bonds. The predicted octanol–water partition coefficient (Wildman–Crippen LogP) is -1.04. The van der Waals surface area contributed by atoms with Crippen molar-refractivity contribution in [3.05, 3.63) is 35.9 Å². The molecule has 2 rings (SSSR count). The molecule has 0 radical (unpaired) electrons. The summed E-state index contributed by atoms with van der Waals surface area (Å²) < 4.78 is 5.54. The summed E-state index contributed by atoms with van der Waals surface area (Å²) in [5.41, 5.74) is 1.01. The van der Waals surface area contributed by atoms with Gasteiger partial charge in [0, 0.05) is 0 Å². The molecule has 1 aromatic carbocycles. The zero-order valence-electron chi connectivity index (χ0n) is 9.32. The average Bonchev–Trinajstić information content (AvgIpc) is 2.69. The first-order valence-corrected chi connectivity index (χ1v) is 5.58. The Balaban J connectivity index is 1.87. The lowest BCUT2D eigenvalue weighted by Gasteiger charge is -2.13. The van der Waals surface area contributed by atoms with E-state index in [2.05, 4.69) is 0 Å². The highest BCUT2D eigenvalue weighted by Gasteiger charge is 2.43. The molecule has 1 fully saturated rings. The third kappa shape index (κ3) is 2.82. The number of nitrogens with two attached hydrogens (primary N) is 1. The van der Waals surface area contributed by atoms with Gasteiger partial charge in [-0.05, 0) is 5.56 Å². The maximum Gasteiger partial charge on any atom is 0.365 e. The summed E-state index contributed by atoms with van der Waals surface area (Å²) in [4.78, 5) is 10.8. The van der Waals surface area contributed by atoms with Crippen LogP contribution in [0.15, 0.2) is 30.3 Å². The minimum absolute atomic E-state index is 0.392. The number of carboxylic acid groups (broad SMARTS) is 1. The lowest BCUT2D eigenvalue weighted by molar-refractivity contribution is -0.664. The number of ether oxygens (including phenoxy) is 1. The van der Waals surface area contributed by atoms with E-state index in [4.69, 9.17) is 9.84 Å². The Morgan fingerprint density at radius 2 is 2.12 bits per heavy atom. The Hall–Kier alpha value is -1.43. The van der Waals surface area contributed by atoms with Gasteiger partial charge in [-0.3, -0.25) is 0 Å². The van der Waals surface area contributed by atoms with Gasteiger partial charge in [-0.25, -0.2) is 4.79 Å². The van der Waals surface area contributed by atoms with Gasteiger partial charge in [0.2, 0.25) is 6.04 Å². The van der Waals surface area contributed by atoms with Crippen LogP contribution in [0.2, 0.25) is 0 Å². The molecule has 3 atom stereocenters. The highest BCUT2D eigenvalue weighted by Crippen LogP contribution is 2.10. The molecule has 0 bridgehead atoms. The van der Waals surface area contributed by atoms with Crippen LogP contribution >= 0.6 is 0 Å². The molecule has 5 heteroatoms. The Kier molecular flexibility index (Phi) is 3.73. The maximum atomic E-state index is 10.8. The molecule has 1 aliphatic rings. The second-order valence-corrected chi connectivity index (χ2v) is 4.16. The Bertz CT molecular complexity index is 381. The number of carboxylic acids is 1. The van der Waals surface area contributed by atoms with Crippen LogP contribution in [0.4, 0.5) is 0 Å². The molecule has 4 N–H and O–H groups in total. The van der Waals surface area contributed by atoms with Gasteiger partial charge in [0.1, 0.15) is 18.8 Å². The smallest absolute Gasteiger partial charge is 0.365 e. The van der Waals surface area contributed by atoms with Crippen LogP contribution in [-0.4, -0.2) is 41.0 Å². The Morgan fingerprint density at radius 3 is 2.71 bits per heavy atom. The first kappa shape index (κ1) is 12.0. The molecule has 0 spiro atoms. The molecule has 17 heavy (non-hydrogen) atoms. The normalized spacial score (nSPS) is 28.2. The van der Waals surface area contributed by atoms with Crippen LogP contribution in [0.5, 0.6) is 0 Å². The van der Waals surface area contributed by atoms with Gasteiger partial charge in [-0.1, -0.05) is 30.3 Å². The average molecular weight is 238 g/mol. The van der Waals surface area contributed by atoms with Crippen molar-refractivity contribution in [2.45, 2.75) is 24.9 Å². The highest BCUT2D eigenvalue weighted by molar-refractivity contribution is 5.72. The topological polar surface area (TPSA) is 83.4 Å². The van der Waals surface area contributed by atoms with Crippen molar-refractivity contribution < 1.29 is 25.1 Å². The number of aliphatic hydroxyl groups is 1. The lowest BCUT2D eigenvalue weighted by Crippen LogP contribution is -2.90. The fourth-order valence-electron chi connectivity index (χ4n) is 1.98. The highest BCUT2D eigenvalue weighted by atomic mass is 16.5. The predicted molar refractivity (Wildman–Crippen MR) is 59.2 cm³/mol. The third-order valence-electron chi connectivity index (χ3n) is 2.96. The standard InChI is InChI=1S/C12H15NO4/c14-11-9(6-13-10(11)12(15)16)17-7-8-4-2-1-3-5-8/h1-5,9-11,13-14H,6-7H2,(H,15,16)/p+1. The first-order chi connectivity index (χ1) is 8.18. The van der Waals surface area contributed by atoms with Crippen molar-refractivity contribution in [2.75, 3.05) is 6.54 Å². The lowest BCUT2D eigenvalue weighted by atomic mass is 10.1. The maximum absolute atomic E-state index is 10.8. The van der Waals surface area contributed by atoms with Crippen LogP contribution in [0.25, 0.3) is 0 Å². The molecule has 0 aliphatic carbocycles. The Labute approximate surface area is 99.0 Å². The molecule has 1 heterocycles. The number of aliphatic hydroxyl groups excluding tert-OH is 1. The molecular formula is C12H16NO4+. The van der Waals surface area contributed by atoms with E-state index < -0.39 is 24.2 Å². The SMILES string of the molecule is O=C(O)C1[NH2+]CC(OCc2ccccc2)C1O. The van der Waals surface area contributed by atoms with Gasteiger partial charge in [0.15, 0.2) is 0 Å². The van der Waals surface area contributed by atoms with E-state index in [-0.39, 0.29) is 0 Å². The Morgan fingerprint density at radius 1 is 1.41 bits per heavy atom. The molecule has 1 aliphatic heterocycles. The van der Waals surface area contributed by atoms with E-state index in [1.807, 2.05) is 30.3 Å². The molecule has 3 unspecified atom stereocenters. The van der Waals surface area contributed by atoms with Gasteiger partial charge >= 0.3 is 5.97 Å². The van der Waals surface area contributed by atoms with E-state index in [9.17, 15) is 9.90 Å². The quantitative estimate of drug-likeness (QED) is 0.626. The zero-order valence-corrected chi connectivity index (χ0v) is 9.32. The van der Waals surface area contributed by atoms with E-state index in [1.165, 1.54) is 0 Å². The minimum Gasteiger partial charge on any atom is -0.477 e. The fourth-order valence-corrected chi connectivity index (χ4v) is 1.98. The first-order valence-electron chi connectivity index (χ1n) is 5.58. The monoisotopic (exact) mass is 238 g/mol. The summed E-state index contributed by atoms with van der Waals surface area (Å²) in [7, 11) is 0. The van der Waals surface area contributed by atoms with E-state index in [1.54, 1.807) is 5.32 Å². The second kappa shape index (κ2) is 5.27. The van der Waals surface area contributed by atoms with Gasteiger partial charge in [0.25, 0.3) is 0 Å². The van der Waals surface area contributed by atoms with Crippen molar-refractivity contribution >= 4 is 5.97 Å². The van der Waals surface area contributed by atoms with Crippen molar-refractivity contribution in [2.24, 2.45) is 0 Å². The fraction of sp³-hybridized carbons (Fsp3) is 0.417. The molecule has 1 saturated heterocycles. The molecular weight excluding hydrogens is 222 g/mol. The number of rotatable bonds is 4. The summed E-state index contributed by atoms with van der Waals surface area (Å²) in [6.45, 7) is 0.869. The molecule has 0 saturated carbocycles. The summed E-state index contributed by atoms with van der Waals surface area (Å²) in [5.74, 6) is -0.997. The van der Waals surface area contributed by atoms with Crippen molar-refractivity contribution in [1.29, 1.82) is 0 Å². The summed E-state index contributed by atoms with van der Waals surface area (Å²) in [5, 5.41) is 20.2. The third-order valence-corrected chi connectivity index (χ3v) is 2.96. The second-order valence-electron chi connectivity index (χ2n) is 4.16. The van der Waals surface area contributed by atoms with Crippen LogP contribution in [0.3, 0.4) is 0 Å². The van der Waals surface area contributed by atoms with Crippen LogP contribution in [0, 0.1) is 0 Å². The number of aliphatic carboxylic acids is 1. The summed E-state index contributed by atoms with van der Waals surface area (Å²) in [6, 6.07) is 8.80. The number of carbonyl (C=O) groups is 1. The minimum atomic E-state index is -0.997. The van der Waals surface area contributed by atoms with Gasteiger partial charge in [0.05, 0.1) is 6.61 Å². The van der Waals surface area contributed by atoms with Crippen LogP contribution < -0.4 is 5.32 Å². The number of quaternary nitrogens is 1. The number of hydrogen-bond acceptors (Lipinski definition) is 3. The zero-order chi connectivity index (χ0) is 12.3. The summed E-state index contributed by atoms with van der Waals surface area (Å²) in [6.07, 6.45) is -1.37. The number of hydrogen-bond donors (Lipinski definition) is 3. The largest absolute Gasteiger partial charge is 0.477 e. The van der Waals surface area contributed by atoms with Gasteiger partial charge in [-0.15, -0.1) is 0 Å². The summed E-state index contributed by atoms with van der Waals surface area (Å²) >= 11 is 0. The van der Waals surface area contributed by atoms with Crippen molar-refractivity contribution in [3.63, 3.8) is 0 Å². The van der Waals surface area contributed by atoms with E-state index >= 15 is 0 Å².